The minimum Gasteiger partial charge on any atom is -0.347 e. The summed E-state index contributed by atoms with van der Waals surface area (Å²) >= 11 is 0. The van der Waals surface area contributed by atoms with Crippen LogP contribution >= 0.6 is 0 Å². The van der Waals surface area contributed by atoms with E-state index in [-0.39, 0.29) is 23.2 Å². The monoisotopic (exact) mass is 360 g/mol. The third kappa shape index (κ3) is 4.33. The lowest BCUT2D eigenvalue weighted by atomic mass is 10.1. The van der Waals surface area contributed by atoms with Crippen molar-refractivity contribution in [2.45, 2.75) is 26.3 Å². The zero-order chi connectivity index (χ0) is 18.0. The molecule has 1 aliphatic rings. The van der Waals surface area contributed by atoms with Gasteiger partial charge in [0.05, 0.1) is 11.5 Å². The predicted octanol–water partition coefficient (Wildman–Crippen LogP) is 1.75. The number of hydrogen-bond donors (Lipinski definition) is 2. The lowest BCUT2D eigenvalue weighted by molar-refractivity contribution is 0.0935. The average Bonchev–Trinajstić information content (AvgIpc) is 2.89. The Morgan fingerprint density at radius 2 is 1.96 bits per heavy atom. The molecule has 7 nitrogen and oxygen atoms in total. The maximum absolute atomic E-state index is 12.1. The highest BCUT2D eigenvalue weighted by Gasteiger charge is 2.29. The van der Waals surface area contributed by atoms with Gasteiger partial charge in [0, 0.05) is 11.7 Å². The molecule has 3 rings (SSSR count). The van der Waals surface area contributed by atoms with Crippen molar-refractivity contribution in [3.8, 4) is 0 Å². The van der Waals surface area contributed by atoms with Gasteiger partial charge in [-0.25, -0.2) is 8.42 Å². The van der Waals surface area contributed by atoms with E-state index in [1.165, 1.54) is 5.56 Å². The highest BCUT2D eigenvalue weighted by atomic mass is 32.2. The molecule has 1 unspecified atom stereocenters. The van der Waals surface area contributed by atoms with Gasteiger partial charge >= 0.3 is 0 Å². The summed E-state index contributed by atoms with van der Waals surface area (Å²) in [7, 11) is -3.03. The summed E-state index contributed by atoms with van der Waals surface area (Å²) in [5.41, 5.74) is 3.35. The lowest BCUT2D eigenvalue weighted by Gasteiger charge is -2.11. The van der Waals surface area contributed by atoms with E-state index < -0.39 is 15.7 Å². The molecule has 0 spiro atoms. The number of nitrogens with one attached hydrogen (secondary N) is 2. The molecule has 8 heteroatoms. The molecule has 25 heavy (non-hydrogen) atoms. The number of nitrogens with zero attached hydrogens (tertiary/aromatic N) is 2. The van der Waals surface area contributed by atoms with Crippen LogP contribution < -0.4 is 10.6 Å². The van der Waals surface area contributed by atoms with E-state index >= 15 is 0 Å². The summed E-state index contributed by atoms with van der Waals surface area (Å²) in [6.07, 6.45) is 0.438. The van der Waals surface area contributed by atoms with Gasteiger partial charge in [-0.1, -0.05) is 17.7 Å². The van der Waals surface area contributed by atoms with Gasteiger partial charge in [-0.3, -0.25) is 4.79 Å². The first-order valence-electron chi connectivity index (χ1n) is 8.02. The number of carbonyl (C=O) groups is 1. The molecule has 1 aromatic heterocycles. The van der Waals surface area contributed by atoms with Crippen LogP contribution in [0.15, 0.2) is 30.3 Å². The summed E-state index contributed by atoms with van der Waals surface area (Å²) < 4.78 is 22.9. The summed E-state index contributed by atoms with van der Waals surface area (Å²) in [6, 6.07) is 8.91. The first kappa shape index (κ1) is 17.3. The molecule has 1 amide bonds. The number of aryl methyl sites for hydroxylation is 2. The van der Waals surface area contributed by atoms with E-state index in [4.69, 9.17) is 0 Å². The van der Waals surface area contributed by atoms with Crippen LogP contribution in [0, 0.1) is 13.8 Å². The first-order valence-corrected chi connectivity index (χ1v) is 9.84. The minimum absolute atomic E-state index is 0.0154. The van der Waals surface area contributed by atoms with E-state index in [9.17, 15) is 13.2 Å². The second-order valence-corrected chi connectivity index (χ2v) is 8.55. The van der Waals surface area contributed by atoms with Crippen molar-refractivity contribution in [3.63, 3.8) is 0 Å². The van der Waals surface area contributed by atoms with Crippen LogP contribution in [0.5, 0.6) is 0 Å². The molecule has 1 aliphatic heterocycles. The van der Waals surface area contributed by atoms with Crippen molar-refractivity contribution in [3.05, 3.63) is 47.2 Å². The van der Waals surface area contributed by atoms with Crippen molar-refractivity contribution < 1.29 is 13.2 Å². The molecule has 0 saturated carbocycles. The normalized spacial score (nSPS) is 18.7. The molecule has 0 aliphatic carbocycles. The summed E-state index contributed by atoms with van der Waals surface area (Å²) in [5, 5.41) is 13.8. The molecule has 1 fully saturated rings. The third-order valence-corrected chi connectivity index (χ3v) is 5.88. The molecular formula is C17H20N4O3S. The number of sulfone groups is 1. The number of rotatable bonds is 4. The van der Waals surface area contributed by atoms with Crippen molar-refractivity contribution in [2.75, 3.05) is 16.8 Å². The Hall–Kier alpha value is -2.48. The Morgan fingerprint density at radius 1 is 1.16 bits per heavy atom. The molecule has 2 heterocycles. The number of aromatic nitrogens is 2. The zero-order valence-electron chi connectivity index (χ0n) is 14.1. The lowest BCUT2D eigenvalue weighted by Crippen LogP contribution is -2.36. The maximum Gasteiger partial charge on any atom is 0.272 e. The second kappa shape index (κ2) is 6.79. The fourth-order valence-electron chi connectivity index (χ4n) is 2.78. The maximum atomic E-state index is 12.1. The third-order valence-electron chi connectivity index (χ3n) is 4.11. The highest BCUT2D eigenvalue weighted by molar-refractivity contribution is 7.91. The SMILES string of the molecule is Cc1ccc(Nc2ccc(C(=O)NC3CCS(=O)(=O)C3)nn2)c(C)c1. The van der Waals surface area contributed by atoms with Crippen LogP contribution in [0.2, 0.25) is 0 Å². The van der Waals surface area contributed by atoms with Gasteiger partial charge in [0.2, 0.25) is 0 Å². The predicted molar refractivity (Wildman–Crippen MR) is 95.8 cm³/mol. The average molecular weight is 360 g/mol. The van der Waals surface area contributed by atoms with Gasteiger partial charge in [0.1, 0.15) is 0 Å². The molecule has 0 bridgehead atoms. The fraction of sp³-hybridized carbons (Fsp3) is 0.353. The van der Waals surface area contributed by atoms with Crippen LogP contribution in [0.4, 0.5) is 11.5 Å². The van der Waals surface area contributed by atoms with Gasteiger partial charge in [0.25, 0.3) is 5.91 Å². The van der Waals surface area contributed by atoms with Crippen molar-refractivity contribution in [1.82, 2.24) is 15.5 Å². The standard InChI is InChI=1S/C17H20N4O3S/c1-11-3-4-14(12(2)9-11)19-16-6-5-15(20-21-16)17(22)18-13-7-8-25(23,24)10-13/h3-6,9,13H,7-8,10H2,1-2H3,(H,18,22)(H,19,21). The van der Waals surface area contributed by atoms with Gasteiger partial charge < -0.3 is 10.6 Å². The number of carbonyl (C=O) groups excluding carboxylic acids is 1. The summed E-state index contributed by atoms with van der Waals surface area (Å²) in [5.74, 6) is 0.223. The molecule has 2 aromatic rings. The van der Waals surface area contributed by atoms with Crippen LogP contribution in [-0.4, -0.2) is 42.1 Å². The Balaban J connectivity index is 1.64. The van der Waals surface area contributed by atoms with Gasteiger partial charge in [-0.2, -0.15) is 0 Å². The zero-order valence-corrected chi connectivity index (χ0v) is 14.9. The first-order chi connectivity index (χ1) is 11.8. The van der Waals surface area contributed by atoms with E-state index in [1.807, 2.05) is 26.0 Å². The number of benzene rings is 1. The molecule has 1 atom stereocenters. The van der Waals surface area contributed by atoms with Gasteiger partial charge in [0.15, 0.2) is 21.3 Å². The summed E-state index contributed by atoms with van der Waals surface area (Å²) in [6.45, 7) is 4.03. The highest BCUT2D eigenvalue weighted by Crippen LogP contribution is 2.20. The molecule has 2 N–H and O–H groups in total. The van der Waals surface area contributed by atoms with Crippen LogP contribution in [0.3, 0.4) is 0 Å². The minimum atomic E-state index is -3.03. The van der Waals surface area contributed by atoms with Gasteiger partial charge in [-0.15, -0.1) is 10.2 Å². The Labute approximate surface area is 146 Å². The molecule has 1 saturated heterocycles. The fourth-order valence-corrected chi connectivity index (χ4v) is 4.45. The van der Waals surface area contributed by atoms with Crippen molar-refractivity contribution in [2.24, 2.45) is 0 Å². The van der Waals surface area contributed by atoms with E-state index in [0.717, 1.165) is 11.3 Å². The topological polar surface area (TPSA) is 101 Å². The van der Waals surface area contributed by atoms with Crippen LogP contribution in [0.25, 0.3) is 0 Å². The van der Waals surface area contributed by atoms with Crippen LogP contribution in [0.1, 0.15) is 28.0 Å². The largest absolute Gasteiger partial charge is 0.347 e. The summed E-state index contributed by atoms with van der Waals surface area (Å²) in [4.78, 5) is 12.1. The number of amides is 1. The van der Waals surface area contributed by atoms with Crippen LogP contribution in [-0.2, 0) is 9.84 Å². The molecule has 1 aromatic carbocycles. The quantitative estimate of drug-likeness (QED) is 0.861. The smallest absolute Gasteiger partial charge is 0.272 e. The van der Waals surface area contributed by atoms with E-state index in [0.29, 0.717) is 12.2 Å². The van der Waals surface area contributed by atoms with E-state index in [1.54, 1.807) is 12.1 Å². The molecular weight excluding hydrogens is 340 g/mol. The molecule has 132 valence electrons. The van der Waals surface area contributed by atoms with Crippen molar-refractivity contribution in [1.29, 1.82) is 0 Å². The Morgan fingerprint density at radius 3 is 2.56 bits per heavy atom. The number of anilines is 2. The molecule has 0 radical (unpaired) electrons. The Kier molecular flexibility index (Phi) is 4.71. The number of hydrogen-bond acceptors (Lipinski definition) is 6. The second-order valence-electron chi connectivity index (χ2n) is 6.32. The van der Waals surface area contributed by atoms with Crippen molar-refractivity contribution >= 4 is 27.2 Å². The van der Waals surface area contributed by atoms with E-state index in [2.05, 4.69) is 26.9 Å². The Bertz CT molecular complexity index is 895. The van der Waals surface area contributed by atoms with Gasteiger partial charge in [-0.05, 0) is 44.0 Å².